The zero-order valence-corrected chi connectivity index (χ0v) is 12.1. The Morgan fingerprint density at radius 3 is 2.70 bits per heavy atom. The van der Waals surface area contributed by atoms with Crippen LogP contribution in [0.2, 0.25) is 0 Å². The molecule has 0 aromatic heterocycles. The summed E-state index contributed by atoms with van der Waals surface area (Å²) in [5.74, 6) is -1.20. The maximum atomic E-state index is 13.1. The molecule has 0 unspecified atom stereocenters. The standard InChI is InChI=1S/C12H17FN2O4S/c1-3-19-12(16)6-7-15(2)20(17,18)11-8-9(13)4-5-10(11)14/h4-5,8H,3,6-7,14H2,1-2H3. The van der Waals surface area contributed by atoms with Crippen LogP contribution in [0.4, 0.5) is 10.1 Å². The Morgan fingerprint density at radius 1 is 1.45 bits per heavy atom. The molecule has 0 aliphatic rings. The third-order valence-corrected chi connectivity index (χ3v) is 4.51. The molecule has 0 spiro atoms. The van der Waals surface area contributed by atoms with Gasteiger partial charge in [-0.15, -0.1) is 0 Å². The Bertz CT molecular complexity index is 589. The monoisotopic (exact) mass is 304 g/mol. The Kier molecular flexibility index (Phi) is 5.46. The summed E-state index contributed by atoms with van der Waals surface area (Å²) >= 11 is 0. The lowest BCUT2D eigenvalue weighted by Gasteiger charge is -2.17. The van der Waals surface area contributed by atoms with E-state index < -0.39 is 21.8 Å². The summed E-state index contributed by atoms with van der Waals surface area (Å²) < 4.78 is 43.2. The van der Waals surface area contributed by atoms with Gasteiger partial charge in [0.05, 0.1) is 18.7 Å². The van der Waals surface area contributed by atoms with Gasteiger partial charge in [-0.3, -0.25) is 4.79 Å². The summed E-state index contributed by atoms with van der Waals surface area (Å²) in [5.41, 5.74) is 5.51. The van der Waals surface area contributed by atoms with Crippen LogP contribution in [0.25, 0.3) is 0 Å². The number of anilines is 1. The largest absolute Gasteiger partial charge is 0.466 e. The Hall–Kier alpha value is -1.67. The van der Waals surface area contributed by atoms with Gasteiger partial charge in [-0.2, -0.15) is 0 Å². The molecule has 20 heavy (non-hydrogen) atoms. The van der Waals surface area contributed by atoms with E-state index in [1.165, 1.54) is 13.1 Å². The molecule has 0 aliphatic heterocycles. The molecule has 0 saturated carbocycles. The Balaban J connectivity index is 2.87. The highest BCUT2D eigenvalue weighted by molar-refractivity contribution is 7.89. The van der Waals surface area contributed by atoms with Crippen LogP contribution in [0.3, 0.4) is 0 Å². The molecule has 1 rings (SSSR count). The van der Waals surface area contributed by atoms with Gasteiger partial charge in [-0.05, 0) is 25.1 Å². The molecule has 8 heteroatoms. The predicted octanol–water partition coefficient (Wildman–Crippen LogP) is 0.982. The normalized spacial score (nSPS) is 11.6. The number of hydrogen-bond donors (Lipinski definition) is 1. The number of nitrogens with zero attached hydrogens (tertiary/aromatic N) is 1. The van der Waals surface area contributed by atoms with Crippen molar-refractivity contribution in [1.82, 2.24) is 4.31 Å². The molecular weight excluding hydrogens is 287 g/mol. The highest BCUT2D eigenvalue weighted by atomic mass is 32.2. The lowest BCUT2D eigenvalue weighted by molar-refractivity contribution is -0.143. The number of benzene rings is 1. The number of halogens is 1. The van der Waals surface area contributed by atoms with Crippen LogP contribution in [0.5, 0.6) is 0 Å². The summed E-state index contributed by atoms with van der Waals surface area (Å²) in [4.78, 5) is 10.9. The molecule has 0 heterocycles. The van der Waals surface area contributed by atoms with E-state index in [1.807, 2.05) is 0 Å². The van der Waals surface area contributed by atoms with Crippen LogP contribution >= 0.6 is 0 Å². The molecule has 0 saturated heterocycles. The van der Waals surface area contributed by atoms with E-state index >= 15 is 0 Å². The molecular formula is C12H17FN2O4S. The number of rotatable bonds is 6. The highest BCUT2D eigenvalue weighted by Crippen LogP contribution is 2.22. The van der Waals surface area contributed by atoms with Crippen molar-refractivity contribution in [1.29, 1.82) is 0 Å². The number of esters is 1. The summed E-state index contributed by atoms with van der Waals surface area (Å²) in [6.45, 7) is 1.81. The van der Waals surface area contributed by atoms with E-state index in [0.29, 0.717) is 0 Å². The molecule has 6 nitrogen and oxygen atoms in total. The van der Waals surface area contributed by atoms with E-state index in [1.54, 1.807) is 6.92 Å². The number of carbonyl (C=O) groups is 1. The van der Waals surface area contributed by atoms with Gasteiger partial charge in [0, 0.05) is 13.6 Å². The lowest BCUT2D eigenvalue weighted by Crippen LogP contribution is -2.30. The van der Waals surface area contributed by atoms with Crippen LogP contribution in [0.15, 0.2) is 23.1 Å². The van der Waals surface area contributed by atoms with Gasteiger partial charge in [0.1, 0.15) is 10.7 Å². The minimum atomic E-state index is -3.94. The molecule has 1 aromatic rings. The van der Waals surface area contributed by atoms with Gasteiger partial charge in [-0.25, -0.2) is 17.1 Å². The first-order valence-electron chi connectivity index (χ1n) is 5.96. The summed E-state index contributed by atoms with van der Waals surface area (Å²) in [6, 6.07) is 3.11. The SMILES string of the molecule is CCOC(=O)CCN(C)S(=O)(=O)c1cc(F)ccc1N. The minimum absolute atomic E-state index is 0.0469. The molecule has 0 radical (unpaired) electrons. The number of nitrogens with two attached hydrogens (primary N) is 1. The predicted molar refractivity (Wildman–Crippen MR) is 71.9 cm³/mol. The second-order valence-electron chi connectivity index (χ2n) is 4.06. The number of hydrogen-bond acceptors (Lipinski definition) is 5. The third kappa shape index (κ3) is 3.91. The fraction of sp³-hybridized carbons (Fsp3) is 0.417. The molecule has 0 fully saturated rings. The average molecular weight is 304 g/mol. The quantitative estimate of drug-likeness (QED) is 0.625. The molecule has 0 atom stereocenters. The van der Waals surface area contributed by atoms with Crippen LogP contribution in [-0.4, -0.2) is 38.9 Å². The van der Waals surface area contributed by atoms with Gasteiger partial charge < -0.3 is 10.5 Å². The number of carbonyl (C=O) groups excluding carboxylic acids is 1. The van der Waals surface area contributed by atoms with E-state index in [0.717, 1.165) is 16.4 Å². The van der Waals surface area contributed by atoms with E-state index in [4.69, 9.17) is 10.5 Å². The van der Waals surface area contributed by atoms with Crippen LogP contribution in [-0.2, 0) is 19.6 Å². The molecule has 0 aliphatic carbocycles. The van der Waals surface area contributed by atoms with Crippen LogP contribution < -0.4 is 5.73 Å². The summed E-state index contributed by atoms with van der Waals surface area (Å²) in [6.07, 6.45) is -0.0845. The first-order chi connectivity index (χ1) is 9.28. The van der Waals surface area contributed by atoms with Gasteiger partial charge in [-0.1, -0.05) is 0 Å². The van der Waals surface area contributed by atoms with Gasteiger partial charge in [0.25, 0.3) is 0 Å². The maximum absolute atomic E-state index is 13.1. The second-order valence-corrected chi connectivity index (χ2v) is 6.08. The topological polar surface area (TPSA) is 89.7 Å². The average Bonchev–Trinajstić information content (AvgIpc) is 2.38. The maximum Gasteiger partial charge on any atom is 0.307 e. The molecule has 2 N–H and O–H groups in total. The lowest BCUT2D eigenvalue weighted by atomic mass is 10.3. The van der Waals surface area contributed by atoms with Crippen molar-refractivity contribution in [3.05, 3.63) is 24.0 Å². The van der Waals surface area contributed by atoms with Crippen LogP contribution in [0, 0.1) is 5.82 Å². The van der Waals surface area contributed by atoms with Crippen molar-refractivity contribution in [2.45, 2.75) is 18.2 Å². The summed E-state index contributed by atoms with van der Waals surface area (Å²) in [7, 11) is -2.65. The first kappa shape index (κ1) is 16.4. The van der Waals surface area contributed by atoms with Crippen molar-refractivity contribution in [3.63, 3.8) is 0 Å². The molecule has 0 amide bonds. The van der Waals surface area contributed by atoms with E-state index in [-0.39, 0.29) is 30.2 Å². The first-order valence-corrected chi connectivity index (χ1v) is 7.40. The Morgan fingerprint density at radius 2 is 2.10 bits per heavy atom. The molecule has 112 valence electrons. The molecule has 1 aromatic carbocycles. The van der Waals surface area contributed by atoms with Gasteiger partial charge in [0.15, 0.2) is 0 Å². The van der Waals surface area contributed by atoms with Crippen molar-refractivity contribution in [2.24, 2.45) is 0 Å². The number of sulfonamides is 1. The number of nitrogen functional groups attached to an aromatic ring is 1. The number of ether oxygens (including phenoxy) is 1. The van der Waals surface area contributed by atoms with Gasteiger partial charge in [0.2, 0.25) is 10.0 Å². The highest BCUT2D eigenvalue weighted by Gasteiger charge is 2.24. The minimum Gasteiger partial charge on any atom is -0.466 e. The molecule has 0 bridgehead atoms. The fourth-order valence-electron chi connectivity index (χ4n) is 1.50. The summed E-state index contributed by atoms with van der Waals surface area (Å²) in [5, 5.41) is 0. The van der Waals surface area contributed by atoms with Crippen molar-refractivity contribution < 1.29 is 22.3 Å². The van der Waals surface area contributed by atoms with E-state index in [9.17, 15) is 17.6 Å². The zero-order chi connectivity index (χ0) is 15.3. The Labute approximate surface area is 117 Å². The third-order valence-electron chi connectivity index (χ3n) is 2.60. The second kappa shape index (κ2) is 6.67. The zero-order valence-electron chi connectivity index (χ0n) is 11.3. The van der Waals surface area contributed by atoms with Crippen LogP contribution in [0.1, 0.15) is 13.3 Å². The fourth-order valence-corrected chi connectivity index (χ4v) is 2.80. The van der Waals surface area contributed by atoms with Crippen molar-refractivity contribution in [3.8, 4) is 0 Å². The van der Waals surface area contributed by atoms with E-state index in [2.05, 4.69) is 0 Å². The van der Waals surface area contributed by atoms with Crippen molar-refractivity contribution >= 4 is 21.7 Å². The van der Waals surface area contributed by atoms with Gasteiger partial charge >= 0.3 is 5.97 Å². The smallest absolute Gasteiger partial charge is 0.307 e. The van der Waals surface area contributed by atoms with Crippen molar-refractivity contribution in [2.75, 3.05) is 25.9 Å².